The van der Waals surface area contributed by atoms with E-state index in [1.165, 1.54) is 50.8 Å². The average Bonchev–Trinajstić information content (AvgIpc) is 3.31. The van der Waals surface area contributed by atoms with Gasteiger partial charge < -0.3 is 4.90 Å². The first-order valence-electron chi connectivity index (χ1n) is 9.88. The third kappa shape index (κ3) is 3.00. The van der Waals surface area contributed by atoms with Crippen LogP contribution < -0.4 is 0 Å². The molecule has 3 nitrogen and oxygen atoms in total. The van der Waals surface area contributed by atoms with E-state index in [1.54, 1.807) is 0 Å². The van der Waals surface area contributed by atoms with Crippen molar-refractivity contribution in [1.29, 1.82) is 5.26 Å². The van der Waals surface area contributed by atoms with Crippen molar-refractivity contribution in [3.63, 3.8) is 0 Å². The van der Waals surface area contributed by atoms with Crippen LogP contribution in [0.1, 0.15) is 50.5 Å². The van der Waals surface area contributed by atoms with Gasteiger partial charge >= 0.3 is 0 Å². The van der Waals surface area contributed by atoms with Crippen LogP contribution in [-0.4, -0.2) is 43.5 Å². The highest BCUT2D eigenvalue weighted by molar-refractivity contribution is 5.26. The molecule has 134 valence electrons. The van der Waals surface area contributed by atoms with Crippen molar-refractivity contribution in [3.8, 4) is 6.07 Å². The molecule has 0 radical (unpaired) electrons. The van der Waals surface area contributed by atoms with Crippen molar-refractivity contribution < 1.29 is 0 Å². The van der Waals surface area contributed by atoms with E-state index in [0.29, 0.717) is 5.41 Å². The van der Waals surface area contributed by atoms with Gasteiger partial charge in [0.1, 0.15) is 0 Å². The predicted octanol–water partition coefficient (Wildman–Crippen LogP) is 4.01. The number of hydrogen-bond donors (Lipinski definition) is 0. The SMILES string of the molecule is CN(C)C1(c2ccccc2)CCC2(CCN(CC3(C#N)CC3)C2)CC1. The summed E-state index contributed by atoms with van der Waals surface area (Å²) in [5.74, 6) is 0. The Balaban J connectivity index is 1.45. The first kappa shape index (κ1) is 17.1. The van der Waals surface area contributed by atoms with Gasteiger partial charge in [-0.1, -0.05) is 30.3 Å². The molecule has 3 heteroatoms. The van der Waals surface area contributed by atoms with Crippen LogP contribution in [-0.2, 0) is 5.54 Å². The van der Waals surface area contributed by atoms with Crippen LogP contribution in [0.5, 0.6) is 0 Å². The summed E-state index contributed by atoms with van der Waals surface area (Å²) in [6.07, 6.45) is 8.69. The van der Waals surface area contributed by atoms with Gasteiger partial charge in [0.2, 0.25) is 0 Å². The molecule has 2 aliphatic carbocycles. The molecule has 25 heavy (non-hydrogen) atoms. The third-order valence-corrected chi connectivity index (χ3v) is 7.44. The van der Waals surface area contributed by atoms with Gasteiger partial charge in [0.15, 0.2) is 0 Å². The Morgan fingerprint density at radius 3 is 2.24 bits per heavy atom. The maximum atomic E-state index is 9.39. The van der Waals surface area contributed by atoms with Gasteiger partial charge in [-0.05, 0) is 76.6 Å². The van der Waals surface area contributed by atoms with E-state index in [9.17, 15) is 5.26 Å². The quantitative estimate of drug-likeness (QED) is 0.831. The summed E-state index contributed by atoms with van der Waals surface area (Å²) in [5, 5.41) is 9.39. The van der Waals surface area contributed by atoms with Crippen LogP contribution in [0.4, 0.5) is 0 Å². The topological polar surface area (TPSA) is 30.3 Å². The molecule has 0 amide bonds. The predicted molar refractivity (Wildman–Crippen MR) is 101 cm³/mol. The van der Waals surface area contributed by atoms with Crippen LogP contribution in [0, 0.1) is 22.2 Å². The molecule has 0 N–H and O–H groups in total. The number of rotatable bonds is 4. The Morgan fingerprint density at radius 1 is 1.00 bits per heavy atom. The number of nitrogens with zero attached hydrogens (tertiary/aromatic N) is 3. The second-order valence-corrected chi connectivity index (χ2v) is 9.14. The Morgan fingerprint density at radius 2 is 1.68 bits per heavy atom. The molecule has 2 saturated carbocycles. The number of likely N-dealkylation sites (tertiary alicyclic amines) is 1. The average molecular weight is 338 g/mol. The molecule has 3 aliphatic rings. The minimum absolute atomic E-state index is 0.0115. The van der Waals surface area contributed by atoms with Crippen LogP contribution in [0.25, 0.3) is 0 Å². The highest BCUT2D eigenvalue weighted by atomic mass is 15.2. The molecule has 4 rings (SSSR count). The molecular formula is C22H31N3. The summed E-state index contributed by atoms with van der Waals surface area (Å²) < 4.78 is 0. The molecule has 0 atom stereocenters. The Hall–Kier alpha value is -1.37. The van der Waals surface area contributed by atoms with E-state index in [0.717, 1.165) is 19.4 Å². The van der Waals surface area contributed by atoms with E-state index in [1.807, 2.05) is 0 Å². The van der Waals surface area contributed by atoms with Gasteiger partial charge in [0.25, 0.3) is 0 Å². The molecule has 0 aromatic heterocycles. The van der Waals surface area contributed by atoms with Gasteiger partial charge in [0, 0.05) is 18.6 Å². The van der Waals surface area contributed by atoms with Crippen LogP contribution in [0.15, 0.2) is 30.3 Å². The lowest BCUT2D eigenvalue weighted by molar-refractivity contribution is 0.0376. The van der Waals surface area contributed by atoms with Crippen molar-refractivity contribution in [1.82, 2.24) is 9.80 Å². The lowest BCUT2D eigenvalue weighted by Crippen LogP contribution is -2.47. The summed E-state index contributed by atoms with van der Waals surface area (Å²) >= 11 is 0. The summed E-state index contributed by atoms with van der Waals surface area (Å²) in [4.78, 5) is 5.05. The van der Waals surface area contributed by atoms with E-state index < -0.39 is 0 Å². The molecule has 1 aromatic rings. The standard InChI is InChI=1S/C22H31N3/c1-24(2)22(19-6-4-3-5-7-19)12-10-20(11-13-22)14-15-25(17-20)18-21(16-23)8-9-21/h3-7H,8-15,17-18H2,1-2H3. The molecule has 3 fully saturated rings. The van der Waals surface area contributed by atoms with Gasteiger partial charge in [-0.2, -0.15) is 5.26 Å². The zero-order chi connectivity index (χ0) is 17.5. The molecule has 0 unspecified atom stereocenters. The van der Waals surface area contributed by atoms with Gasteiger partial charge in [-0.25, -0.2) is 0 Å². The minimum atomic E-state index is 0.0115. The fourth-order valence-electron chi connectivity index (χ4n) is 5.39. The minimum Gasteiger partial charge on any atom is -0.301 e. The maximum absolute atomic E-state index is 9.39. The third-order valence-electron chi connectivity index (χ3n) is 7.44. The first-order valence-corrected chi connectivity index (χ1v) is 9.88. The number of nitriles is 1. The van der Waals surface area contributed by atoms with Gasteiger partial charge in [-0.15, -0.1) is 0 Å². The molecule has 0 bridgehead atoms. The van der Waals surface area contributed by atoms with Crippen molar-refractivity contribution in [3.05, 3.63) is 35.9 Å². The molecule has 1 saturated heterocycles. The fraction of sp³-hybridized carbons (Fsp3) is 0.682. The van der Waals surface area contributed by atoms with Crippen LogP contribution in [0.2, 0.25) is 0 Å². The van der Waals surface area contributed by atoms with Crippen molar-refractivity contribution >= 4 is 0 Å². The molecule has 1 aromatic carbocycles. The number of benzene rings is 1. The van der Waals surface area contributed by atoms with Crippen molar-refractivity contribution in [2.24, 2.45) is 10.8 Å². The second-order valence-electron chi connectivity index (χ2n) is 9.14. The van der Waals surface area contributed by atoms with Crippen molar-refractivity contribution in [2.45, 2.75) is 50.5 Å². The maximum Gasteiger partial charge on any atom is 0.0703 e. The zero-order valence-electron chi connectivity index (χ0n) is 15.8. The van der Waals surface area contributed by atoms with Crippen molar-refractivity contribution in [2.75, 3.05) is 33.7 Å². The smallest absolute Gasteiger partial charge is 0.0703 e. The Kier molecular flexibility index (Phi) is 4.17. The second kappa shape index (κ2) is 6.11. The molecule has 1 aliphatic heterocycles. The lowest BCUT2D eigenvalue weighted by Gasteiger charge is -2.49. The summed E-state index contributed by atoms with van der Waals surface area (Å²) in [6, 6.07) is 13.7. The highest BCUT2D eigenvalue weighted by Gasteiger charge is 2.50. The van der Waals surface area contributed by atoms with E-state index in [-0.39, 0.29) is 11.0 Å². The van der Waals surface area contributed by atoms with E-state index in [2.05, 4.69) is 60.3 Å². The van der Waals surface area contributed by atoms with E-state index in [4.69, 9.17) is 0 Å². The lowest BCUT2D eigenvalue weighted by atomic mass is 9.64. The van der Waals surface area contributed by atoms with Crippen LogP contribution >= 0.6 is 0 Å². The summed E-state index contributed by atoms with van der Waals surface area (Å²) in [6.45, 7) is 3.43. The van der Waals surface area contributed by atoms with Gasteiger partial charge in [-0.3, -0.25) is 4.90 Å². The molecule has 1 heterocycles. The molecular weight excluding hydrogens is 306 g/mol. The number of hydrogen-bond acceptors (Lipinski definition) is 3. The largest absolute Gasteiger partial charge is 0.301 e. The zero-order valence-corrected chi connectivity index (χ0v) is 15.8. The highest BCUT2D eigenvalue weighted by Crippen LogP contribution is 2.53. The van der Waals surface area contributed by atoms with Crippen LogP contribution in [0.3, 0.4) is 0 Å². The summed E-state index contributed by atoms with van der Waals surface area (Å²) in [5.41, 5.74) is 2.19. The summed E-state index contributed by atoms with van der Waals surface area (Å²) in [7, 11) is 4.49. The Labute approximate surface area is 152 Å². The monoisotopic (exact) mass is 337 g/mol. The van der Waals surface area contributed by atoms with E-state index >= 15 is 0 Å². The fourth-order valence-corrected chi connectivity index (χ4v) is 5.39. The van der Waals surface area contributed by atoms with Gasteiger partial charge in [0.05, 0.1) is 11.5 Å². The normalized spacial score (nSPS) is 34.3. The molecule has 1 spiro atoms. The Bertz CT molecular complexity index is 646. The first-order chi connectivity index (χ1) is 12.0.